The first-order valence-corrected chi connectivity index (χ1v) is 7.00. The molecule has 0 unspecified atom stereocenters. The summed E-state index contributed by atoms with van der Waals surface area (Å²) < 4.78 is 0. The summed E-state index contributed by atoms with van der Waals surface area (Å²) in [5.41, 5.74) is 2.52. The van der Waals surface area contributed by atoms with Crippen molar-refractivity contribution in [2.75, 3.05) is 13.6 Å². The lowest BCUT2D eigenvalue weighted by atomic mass is 10.0. The van der Waals surface area contributed by atoms with Gasteiger partial charge in [0.25, 0.3) is 0 Å². The average Bonchev–Trinajstić information content (AvgIpc) is 2.93. The van der Waals surface area contributed by atoms with E-state index in [-0.39, 0.29) is 0 Å². The fourth-order valence-electron chi connectivity index (χ4n) is 2.63. The van der Waals surface area contributed by atoms with Crippen LogP contribution in [-0.4, -0.2) is 45.6 Å². The largest absolute Gasteiger partial charge is 0.473 e. The van der Waals surface area contributed by atoms with Gasteiger partial charge in [-0.1, -0.05) is 12.1 Å². The van der Waals surface area contributed by atoms with Crippen LogP contribution in [0.3, 0.4) is 0 Å². The number of pyridine rings is 1. The lowest BCUT2D eigenvalue weighted by molar-refractivity contribution is -0.159. The third kappa shape index (κ3) is 3.79. The predicted molar refractivity (Wildman–Crippen MR) is 81.6 cm³/mol. The second-order valence-corrected chi connectivity index (χ2v) is 5.20. The molecule has 0 radical (unpaired) electrons. The molecule has 2 heterocycles. The van der Waals surface area contributed by atoms with Crippen molar-refractivity contribution in [3.05, 3.63) is 42.1 Å². The van der Waals surface area contributed by atoms with Gasteiger partial charge < -0.3 is 10.2 Å². The van der Waals surface area contributed by atoms with Gasteiger partial charge in [-0.25, -0.2) is 9.59 Å². The maximum absolute atomic E-state index is 9.10. The molecular weight excluding hydrogens is 284 g/mol. The molecule has 0 bridgehead atoms. The molecule has 116 valence electrons. The van der Waals surface area contributed by atoms with Crippen molar-refractivity contribution in [3.63, 3.8) is 0 Å². The van der Waals surface area contributed by atoms with Crippen molar-refractivity contribution in [3.8, 4) is 0 Å². The Morgan fingerprint density at radius 3 is 2.55 bits per heavy atom. The molecule has 1 aliphatic rings. The van der Waals surface area contributed by atoms with Crippen molar-refractivity contribution in [1.29, 1.82) is 0 Å². The minimum atomic E-state index is -1.82. The van der Waals surface area contributed by atoms with Crippen LogP contribution in [0.2, 0.25) is 0 Å². The molecule has 1 fully saturated rings. The van der Waals surface area contributed by atoms with E-state index in [1.54, 1.807) is 0 Å². The van der Waals surface area contributed by atoms with Crippen LogP contribution in [0.4, 0.5) is 0 Å². The van der Waals surface area contributed by atoms with Crippen LogP contribution in [0.5, 0.6) is 0 Å². The zero-order valence-electron chi connectivity index (χ0n) is 12.3. The van der Waals surface area contributed by atoms with Gasteiger partial charge in [-0.2, -0.15) is 0 Å². The van der Waals surface area contributed by atoms with Crippen molar-refractivity contribution >= 4 is 22.8 Å². The first kappa shape index (κ1) is 15.9. The SMILES string of the molecule is CN1CCC[C@H]1c1ccc2ncccc2c1.O=C(O)C(=O)O. The Kier molecular flexibility index (Phi) is 5.06. The molecule has 1 saturated heterocycles. The highest BCUT2D eigenvalue weighted by Crippen LogP contribution is 2.31. The van der Waals surface area contributed by atoms with Crippen molar-refractivity contribution in [1.82, 2.24) is 9.88 Å². The Labute approximate surface area is 128 Å². The topological polar surface area (TPSA) is 90.7 Å². The van der Waals surface area contributed by atoms with Crippen molar-refractivity contribution in [2.45, 2.75) is 18.9 Å². The molecule has 1 aromatic carbocycles. The molecule has 0 amide bonds. The Balaban J connectivity index is 0.000000254. The number of hydrogen-bond donors (Lipinski definition) is 2. The van der Waals surface area contributed by atoms with E-state index in [2.05, 4.69) is 41.2 Å². The van der Waals surface area contributed by atoms with Crippen molar-refractivity contribution in [2.24, 2.45) is 0 Å². The van der Waals surface area contributed by atoms with Gasteiger partial charge >= 0.3 is 11.9 Å². The highest BCUT2D eigenvalue weighted by Gasteiger charge is 2.22. The van der Waals surface area contributed by atoms with Gasteiger partial charge in [0.05, 0.1) is 5.52 Å². The molecule has 1 aliphatic heterocycles. The number of fused-ring (bicyclic) bond motifs is 1. The van der Waals surface area contributed by atoms with Gasteiger partial charge in [-0.05, 0) is 50.2 Å². The van der Waals surface area contributed by atoms with Crippen LogP contribution in [0.25, 0.3) is 10.9 Å². The van der Waals surface area contributed by atoms with E-state index in [1.165, 1.54) is 30.3 Å². The normalized spacial score (nSPS) is 17.8. The molecule has 2 aromatic rings. The number of rotatable bonds is 1. The summed E-state index contributed by atoms with van der Waals surface area (Å²) in [7, 11) is 2.21. The molecule has 3 rings (SSSR count). The lowest BCUT2D eigenvalue weighted by Gasteiger charge is -2.19. The molecular formula is C16H18N2O4. The third-order valence-electron chi connectivity index (χ3n) is 3.72. The molecule has 6 heteroatoms. The molecule has 6 nitrogen and oxygen atoms in total. The van der Waals surface area contributed by atoms with E-state index >= 15 is 0 Å². The number of aliphatic carboxylic acids is 2. The fraction of sp³-hybridized carbons (Fsp3) is 0.312. The third-order valence-corrected chi connectivity index (χ3v) is 3.72. The summed E-state index contributed by atoms with van der Waals surface area (Å²) in [6.45, 7) is 1.22. The standard InChI is InChI=1S/C14H16N2.C2H2O4/c1-16-9-3-5-14(16)12-6-7-13-11(10-12)4-2-8-15-13;3-1(4)2(5)6/h2,4,6-8,10,14H,3,5,9H2,1H3;(H,3,4)(H,5,6)/t14-;/m0./s1. The Hall–Kier alpha value is -2.47. The number of likely N-dealkylation sites (tertiary alicyclic amines) is 1. The summed E-state index contributed by atoms with van der Waals surface area (Å²) in [6.07, 6.45) is 4.44. The van der Waals surface area contributed by atoms with Gasteiger partial charge in [0, 0.05) is 17.6 Å². The molecule has 0 spiro atoms. The first-order chi connectivity index (χ1) is 10.5. The number of carboxylic acid groups (broad SMARTS) is 2. The van der Waals surface area contributed by atoms with E-state index in [9.17, 15) is 0 Å². The minimum absolute atomic E-state index is 0.601. The average molecular weight is 302 g/mol. The Morgan fingerprint density at radius 2 is 1.95 bits per heavy atom. The van der Waals surface area contributed by atoms with E-state index in [1.807, 2.05) is 12.3 Å². The number of carbonyl (C=O) groups is 2. The number of nitrogens with zero attached hydrogens (tertiary/aromatic N) is 2. The summed E-state index contributed by atoms with van der Waals surface area (Å²) in [5, 5.41) is 16.0. The van der Waals surface area contributed by atoms with E-state index in [4.69, 9.17) is 19.8 Å². The van der Waals surface area contributed by atoms with E-state index < -0.39 is 11.9 Å². The Bertz CT molecular complexity index is 675. The van der Waals surface area contributed by atoms with E-state index in [0.29, 0.717) is 6.04 Å². The van der Waals surface area contributed by atoms with Gasteiger partial charge in [0.1, 0.15) is 0 Å². The summed E-state index contributed by atoms with van der Waals surface area (Å²) >= 11 is 0. The minimum Gasteiger partial charge on any atom is -0.473 e. The predicted octanol–water partition coefficient (Wildman–Crippen LogP) is 2.16. The molecule has 0 saturated carbocycles. The maximum atomic E-state index is 9.10. The molecule has 1 atom stereocenters. The van der Waals surface area contributed by atoms with Crippen LogP contribution in [-0.2, 0) is 9.59 Å². The quantitative estimate of drug-likeness (QED) is 0.784. The van der Waals surface area contributed by atoms with Crippen molar-refractivity contribution < 1.29 is 19.8 Å². The van der Waals surface area contributed by atoms with E-state index in [0.717, 1.165) is 5.52 Å². The smallest absolute Gasteiger partial charge is 0.414 e. The summed E-state index contributed by atoms with van der Waals surface area (Å²) in [6, 6.07) is 11.4. The highest BCUT2D eigenvalue weighted by atomic mass is 16.4. The van der Waals surface area contributed by atoms with Crippen LogP contribution >= 0.6 is 0 Å². The monoisotopic (exact) mass is 302 g/mol. The van der Waals surface area contributed by atoms with Crippen LogP contribution < -0.4 is 0 Å². The van der Waals surface area contributed by atoms with Crippen LogP contribution in [0.15, 0.2) is 36.5 Å². The first-order valence-electron chi connectivity index (χ1n) is 7.00. The van der Waals surface area contributed by atoms with Gasteiger partial charge in [-0.3, -0.25) is 9.88 Å². The molecule has 0 aliphatic carbocycles. The number of aromatic nitrogens is 1. The zero-order valence-corrected chi connectivity index (χ0v) is 12.3. The summed E-state index contributed by atoms with van der Waals surface area (Å²) in [4.78, 5) is 25.0. The number of benzene rings is 1. The Morgan fingerprint density at radius 1 is 1.23 bits per heavy atom. The van der Waals surface area contributed by atoms with Gasteiger partial charge in [-0.15, -0.1) is 0 Å². The molecule has 22 heavy (non-hydrogen) atoms. The second-order valence-electron chi connectivity index (χ2n) is 5.20. The maximum Gasteiger partial charge on any atom is 0.414 e. The van der Waals surface area contributed by atoms with Crippen LogP contribution in [0.1, 0.15) is 24.4 Å². The summed E-state index contributed by atoms with van der Waals surface area (Å²) in [5.74, 6) is -3.65. The zero-order chi connectivity index (χ0) is 16.1. The van der Waals surface area contributed by atoms with Gasteiger partial charge in [0.15, 0.2) is 0 Å². The second kappa shape index (κ2) is 7.00. The fourth-order valence-corrected chi connectivity index (χ4v) is 2.63. The number of hydrogen-bond acceptors (Lipinski definition) is 4. The molecule has 1 aromatic heterocycles. The van der Waals surface area contributed by atoms with Crippen LogP contribution in [0, 0.1) is 0 Å². The lowest BCUT2D eigenvalue weighted by Crippen LogP contribution is -2.17. The number of carboxylic acids is 2. The highest BCUT2D eigenvalue weighted by molar-refractivity contribution is 6.27. The van der Waals surface area contributed by atoms with Gasteiger partial charge in [0.2, 0.25) is 0 Å². The molecule has 2 N–H and O–H groups in total.